The van der Waals surface area contributed by atoms with Gasteiger partial charge in [-0.05, 0) is 48.0 Å². The van der Waals surface area contributed by atoms with Gasteiger partial charge in [0.15, 0.2) is 0 Å². The first kappa shape index (κ1) is 31.2. The maximum absolute atomic E-state index is 14.5. The molecule has 5 aromatic rings. The molecule has 1 aliphatic heterocycles. The number of methoxy groups -OCH3 is 2. The quantitative estimate of drug-likeness (QED) is 0.230. The van der Waals surface area contributed by atoms with Crippen molar-refractivity contribution < 1.29 is 22.7 Å². The molecule has 0 bridgehead atoms. The number of imidazole rings is 1. The van der Waals surface area contributed by atoms with Crippen LogP contribution in [0.25, 0.3) is 11.0 Å². The standard InChI is InChI=1S/C33H32ClN5O6S/c1-44-26-9-11-31(30(22-26)45-2)46(42,43)39-27-10-8-24(34)21-28(27)38(33(39)41)29(20-23-6-4-3-5-7-23)32(40)37-18-16-36(17-19-37)25-12-14-35-15-13-25/h3-15,21-22,29H,16-20H2,1-2H3. The van der Waals surface area contributed by atoms with E-state index in [1.165, 1.54) is 55.2 Å². The summed E-state index contributed by atoms with van der Waals surface area (Å²) in [6.07, 6.45) is 3.61. The lowest BCUT2D eigenvalue weighted by Crippen LogP contribution is -2.51. The van der Waals surface area contributed by atoms with Gasteiger partial charge in [-0.1, -0.05) is 41.9 Å². The Kier molecular flexibility index (Phi) is 8.74. The number of benzene rings is 3. The van der Waals surface area contributed by atoms with Gasteiger partial charge in [-0.3, -0.25) is 14.3 Å². The maximum atomic E-state index is 14.5. The molecule has 2 aromatic heterocycles. The Labute approximate surface area is 271 Å². The van der Waals surface area contributed by atoms with E-state index in [0.29, 0.717) is 31.9 Å². The molecule has 1 aliphatic rings. The van der Waals surface area contributed by atoms with Gasteiger partial charge >= 0.3 is 5.69 Å². The summed E-state index contributed by atoms with van der Waals surface area (Å²) < 4.78 is 41.1. The highest BCUT2D eigenvalue weighted by Gasteiger charge is 2.35. The smallest absolute Gasteiger partial charge is 0.344 e. The number of hydrogen-bond donors (Lipinski definition) is 0. The number of amides is 1. The van der Waals surface area contributed by atoms with Crippen LogP contribution in [0.5, 0.6) is 11.5 Å². The lowest BCUT2D eigenvalue weighted by Gasteiger charge is -2.37. The zero-order valence-corrected chi connectivity index (χ0v) is 26.8. The van der Waals surface area contributed by atoms with E-state index in [-0.39, 0.29) is 39.0 Å². The average Bonchev–Trinajstić information content (AvgIpc) is 3.38. The Balaban J connectivity index is 1.47. The molecule has 3 heterocycles. The van der Waals surface area contributed by atoms with Gasteiger partial charge in [0.2, 0.25) is 5.91 Å². The molecule has 46 heavy (non-hydrogen) atoms. The van der Waals surface area contributed by atoms with Crippen molar-refractivity contribution in [1.29, 1.82) is 0 Å². The molecule has 0 aliphatic carbocycles. The predicted molar refractivity (Wildman–Crippen MR) is 176 cm³/mol. The number of carbonyl (C=O) groups excluding carboxylic acids is 1. The van der Waals surface area contributed by atoms with Crippen molar-refractivity contribution >= 4 is 44.3 Å². The van der Waals surface area contributed by atoms with E-state index in [1.807, 2.05) is 42.5 Å². The van der Waals surface area contributed by atoms with Crippen LogP contribution < -0.4 is 20.1 Å². The summed E-state index contributed by atoms with van der Waals surface area (Å²) in [5.74, 6) is 0.0961. The number of hydrogen-bond acceptors (Lipinski definition) is 8. The minimum absolute atomic E-state index is 0.00472. The summed E-state index contributed by atoms with van der Waals surface area (Å²) in [5, 5.41) is 0.287. The number of aromatic nitrogens is 3. The van der Waals surface area contributed by atoms with Crippen LogP contribution in [0.3, 0.4) is 0 Å². The molecule has 11 nitrogen and oxygen atoms in total. The van der Waals surface area contributed by atoms with Gasteiger partial charge in [0.1, 0.15) is 22.4 Å². The fourth-order valence-corrected chi connectivity index (χ4v) is 7.57. The maximum Gasteiger partial charge on any atom is 0.344 e. The van der Waals surface area contributed by atoms with E-state index in [9.17, 15) is 18.0 Å². The lowest BCUT2D eigenvalue weighted by molar-refractivity contribution is -0.135. The summed E-state index contributed by atoms with van der Waals surface area (Å²) >= 11 is 6.42. The zero-order valence-electron chi connectivity index (χ0n) is 25.2. The summed E-state index contributed by atoms with van der Waals surface area (Å²) in [6, 6.07) is 20.8. The minimum atomic E-state index is -4.53. The Morgan fingerprint density at radius 3 is 2.28 bits per heavy atom. The zero-order chi connectivity index (χ0) is 32.4. The van der Waals surface area contributed by atoms with Crippen LogP contribution in [0, 0.1) is 0 Å². The molecule has 1 atom stereocenters. The Morgan fingerprint density at radius 2 is 1.61 bits per heavy atom. The second kappa shape index (κ2) is 12.9. The molecule has 1 fully saturated rings. The monoisotopic (exact) mass is 661 g/mol. The van der Waals surface area contributed by atoms with Gasteiger partial charge in [-0.15, -0.1) is 0 Å². The number of fused-ring (bicyclic) bond motifs is 1. The molecule has 0 saturated carbocycles. The number of halogens is 1. The van der Waals surface area contributed by atoms with E-state index in [2.05, 4.69) is 9.88 Å². The topological polar surface area (TPSA) is 116 Å². The fourth-order valence-electron chi connectivity index (χ4n) is 5.86. The molecular formula is C33H32ClN5O6S. The van der Waals surface area contributed by atoms with Crippen LogP contribution in [0.4, 0.5) is 5.69 Å². The van der Waals surface area contributed by atoms with Crippen LogP contribution in [-0.4, -0.2) is 73.1 Å². The van der Waals surface area contributed by atoms with E-state index in [4.69, 9.17) is 21.1 Å². The van der Waals surface area contributed by atoms with E-state index in [1.54, 1.807) is 17.3 Å². The Bertz CT molecular complexity index is 2040. The third-order valence-electron chi connectivity index (χ3n) is 8.17. The van der Waals surface area contributed by atoms with Crippen LogP contribution >= 0.6 is 11.6 Å². The van der Waals surface area contributed by atoms with Gasteiger partial charge in [-0.2, -0.15) is 3.97 Å². The van der Waals surface area contributed by atoms with E-state index in [0.717, 1.165) is 15.2 Å². The Morgan fingerprint density at radius 1 is 0.891 bits per heavy atom. The van der Waals surface area contributed by atoms with E-state index < -0.39 is 21.8 Å². The van der Waals surface area contributed by atoms with Crippen molar-refractivity contribution in [3.63, 3.8) is 0 Å². The normalized spacial score (nSPS) is 14.3. The number of pyridine rings is 1. The van der Waals surface area contributed by atoms with Gasteiger partial charge in [0.25, 0.3) is 10.0 Å². The number of ether oxygens (including phenoxy) is 2. The number of rotatable bonds is 9. The summed E-state index contributed by atoms with van der Waals surface area (Å²) in [6.45, 7) is 2.01. The molecule has 0 N–H and O–H groups in total. The number of piperazine rings is 1. The number of nitrogens with zero attached hydrogens (tertiary/aromatic N) is 5. The highest BCUT2D eigenvalue weighted by atomic mass is 35.5. The van der Waals surface area contributed by atoms with Crippen molar-refractivity contribution in [2.75, 3.05) is 45.3 Å². The van der Waals surface area contributed by atoms with Crippen molar-refractivity contribution in [3.05, 3.63) is 112 Å². The first-order chi connectivity index (χ1) is 22.2. The summed E-state index contributed by atoms with van der Waals surface area (Å²) in [7, 11) is -1.74. The van der Waals surface area contributed by atoms with Crippen LogP contribution in [-0.2, 0) is 21.2 Å². The average molecular weight is 662 g/mol. The summed E-state index contributed by atoms with van der Waals surface area (Å²) in [5.41, 5.74) is 1.24. The van der Waals surface area contributed by atoms with Crippen LogP contribution in [0.15, 0.2) is 101 Å². The second-order valence-electron chi connectivity index (χ2n) is 10.8. The van der Waals surface area contributed by atoms with Gasteiger partial charge in [0, 0.05) is 61.8 Å². The lowest BCUT2D eigenvalue weighted by atomic mass is 10.0. The first-order valence-corrected chi connectivity index (χ1v) is 16.4. The van der Waals surface area contributed by atoms with Gasteiger partial charge in [0.05, 0.1) is 25.3 Å². The number of anilines is 1. The first-order valence-electron chi connectivity index (χ1n) is 14.6. The third kappa shape index (κ3) is 5.81. The van der Waals surface area contributed by atoms with Crippen molar-refractivity contribution in [1.82, 2.24) is 18.4 Å². The number of carbonyl (C=O) groups is 1. The van der Waals surface area contributed by atoms with E-state index >= 15 is 0 Å². The molecule has 3 aromatic carbocycles. The highest BCUT2D eigenvalue weighted by Crippen LogP contribution is 2.33. The van der Waals surface area contributed by atoms with Gasteiger partial charge < -0.3 is 19.3 Å². The van der Waals surface area contributed by atoms with Gasteiger partial charge in [-0.25, -0.2) is 13.2 Å². The predicted octanol–water partition coefficient (Wildman–Crippen LogP) is 4.24. The third-order valence-corrected chi connectivity index (χ3v) is 10.1. The molecule has 1 saturated heterocycles. The SMILES string of the molecule is COc1ccc(S(=O)(=O)n2c(=O)n(C(Cc3ccccc3)C(=O)N3CCN(c4ccncc4)CC3)c3cc(Cl)ccc32)c(OC)c1. The Hall–Kier alpha value is -4.81. The molecular weight excluding hydrogens is 630 g/mol. The van der Waals surface area contributed by atoms with Crippen LogP contribution in [0.1, 0.15) is 11.6 Å². The second-order valence-corrected chi connectivity index (χ2v) is 13.0. The summed E-state index contributed by atoms with van der Waals surface area (Å²) in [4.78, 5) is 36.6. The molecule has 6 rings (SSSR count). The molecule has 13 heteroatoms. The molecule has 0 spiro atoms. The fraction of sp³-hybridized carbons (Fsp3) is 0.242. The highest BCUT2D eigenvalue weighted by molar-refractivity contribution is 7.90. The molecule has 1 unspecified atom stereocenters. The van der Waals surface area contributed by atoms with Crippen molar-refractivity contribution in [2.45, 2.75) is 17.4 Å². The molecule has 238 valence electrons. The van der Waals surface area contributed by atoms with Crippen molar-refractivity contribution in [3.8, 4) is 11.5 Å². The van der Waals surface area contributed by atoms with Crippen molar-refractivity contribution in [2.24, 2.45) is 0 Å². The molecule has 0 radical (unpaired) electrons. The van der Waals surface area contributed by atoms with Crippen LogP contribution in [0.2, 0.25) is 5.02 Å². The molecule has 1 amide bonds. The largest absolute Gasteiger partial charge is 0.497 e. The minimum Gasteiger partial charge on any atom is -0.497 e.